The second-order valence-electron chi connectivity index (χ2n) is 3.57. The Morgan fingerprint density at radius 3 is 2.59 bits per heavy atom. The maximum atomic E-state index is 11.5. The van der Waals surface area contributed by atoms with E-state index in [1.807, 2.05) is 0 Å². The number of anilines is 1. The van der Waals surface area contributed by atoms with Gasteiger partial charge in [-0.1, -0.05) is 0 Å². The van der Waals surface area contributed by atoms with Crippen molar-refractivity contribution in [2.45, 2.75) is 6.92 Å². The molecule has 0 bridgehead atoms. The van der Waals surface area contributed by atoms with Gasteiger partial charge in [0.05, 0.1) is 11.5 Å². The number of hydrogen-bond donors (Lipinski definition) is 0. The van der Waals surface area contributed by atoms with E-state index in [1.165, 1.54) is 12.1 Å². The Morgan fingerprint density at radius 1 is 1.47 bits per heavy atom. The van der Waals surface area contributed by atoms with Crippen molar-refractivity contribution < 1.29 is 14.5 Å². The van der Waals surface area contributed by atoms with Crippen molar-refractivity contribution in [3.8, 4) is 0 Å². The lowest BCUT2D eigenvalue weighted by atomic mass is 10.1. The van der Waals surface area contributed by atoms with Crippen LogP contribution in [-0.4, -0.2) is 31.6 Å². The van der Waals surface area contributed by atoms with E-state index in [1.54, 1.807) is 32.0 Å². The SMILES string of the molecule is CCOC(=O)c1ccc(N(C)C)cc1[N+](=O)[O-]. The molecule has 0 radical (unpaired) electrons. The quantitative estimate of drug-likeness (QED) is 0.454. The molecule has 0 aromatic heterocycles. The van der Waals surface area contributed by atoms with Crippen LogP contribution in [0.25, 0.3) is 0 Å². The first kappa shape index (κ1) is 13.0. The molecule has 0 atom stereocenters. The molecule has 0 spiro atoms. The number of carbonyl (C=O) groups excluding carboxylic acids is 1. The van der Waals surface area contributed by atoms with E-state index in [0.29, 0.717) is 5.69 Å². The summed E-state index contributed by atoms with van der Waals surface area (Å²) in [6.45, 7) is 1.84. The van der Waals surface area contributed by atoms with Gasteiger partial charge in [0, 0.05) is 25.8 Å². The van der Waals surface area contributed by atoms with Gasteiger partial charge in [-0.15, -0.1) is 0 Å². The topological polar surface area (TPSA) is 72.7 Å². The van der Waals surface area contributed by atoms with Gasteiger partial charge in [0.2, 0.25) is 0 Å². The van der Waals surface area contributed by atoms with Gasteiger partial charge in [-0.25, -0.2) is 4.79 Å². The first-order valence-electron chi connectivity index (χ1n) is 5.10. The summed E-state index contributed by atoms with van der Waals surface area (Å²) < 4.78 is 4.76. The minimum absolute atomic E-state index is 0.0255. The Bertz CT molecular complexity index is 443. The highest BCUT2D eigenvalue weighted by molar-refractivity contribution is 5.94. The summed E-state index contributed by atoms with van der Waals surface area (Å²) in [4.78, 5) is 23.5. The number of rotatable bonds is 4. The lowest BCUT2D eigenvalue weighted by Crippen LogP contribution is -2.12. The van der Waals surface area contributed by atoms with Crippen LogP contribution in [0.1, 0.15) is 17.3 Å². The van der Waals surface area contributed by atoms with Gasteiger partial charge in [0.25, 0.3) is 5.69 Å². The molecule has 0 unspecified atom stereocenters. The molecule has 0 aliphatic heterocycles. The van der Waals surface area contributed by atoms with Crippen LogP contribution in [-0.2, 0) is 4.74 Å². The van der Waals surface area contributed by atoms with Gasteiger partial charge >= 0.3 is 5.97 Å². The van der Waals surface area contributed by atoms with Crippen LogP contribution < -0.4 is 4.90 Å². The van der Waals surface area contributed by atoms with Gasteiger partial charge in [-0.05, 0) is 19.1 Å². The van der Waals surface area contributed by atoms with Crippen molar-refractivity contribution >= 4 is 17.3 Å². The maximum absolute atomic E-state index is 11.5. The summed E-state index contributed by atoms with van der Waals surface area (Å²) in [6, 6.07) is 4.40. The van der Waals surface area contributed by atoms with Crippen molar-refractivity contribution in [3.05, 3.63) is 33.9 Å². The summed E-state index contributed by atoms with van der Waals surface area (Å²) >= 11 is 0. The first-order chi connectivity index (χ1) is 7.97. The first-order valence-corrected chi connectivity index (χ1v) is 5.10. The van der Waals surface area contributed by atoms with Crippen molar-refractivity contribution in [2.24, 2.45) is 0 Å². The number of nitro benzene ring substituents is 1. The highest BCUT2D eigenvalue weighted by Crippen LogP contribution is 2.25. The van der Waals surface area contributed by atoms with Gasteiger partial charge in [-0.2, -0.15) is 0 Å². The molecule has 0 saturated heterocycles. The third kappa shape index (κ3) is 2.93. The fourth-order valence-corrected chi connectivity index (χ4v) is 1.33. The Kier molecular flexibility index (Phi) is 4.03. The Labute approximate surface area is 98.9 Å². The second-order valence-corrected chi connectivity index (χ2v) is 3.57. The summed E-state index contributed by atoms with van der Waals surface area (Å²) in [6.07, 6.45) is 0. The normalized spacial score (nSPS) is 9.82. The highest BCUT2D eigenvalue weighted by atomic mass is 16.6. The zero-order valence-electron chi connectivity index (χ0n) is 9.97. The highest BCUT2D eigenvalue weighted by Gasteiger charge is 2.22. The lowest BCUT2D eigenvalue weighted by molar-refractivity contribution is -0.385. The number of carbonyl (C=O) groups is 1. The van der Waals surface area contributed by atoms with Gasteiger partial charge in [-0.3, -0.25) is 10.1 Å². The van der Waals surface area contributed by atoms with Gasteiger partial charge < -0.3 is 9.64 Å². The molecular formula is C11H14N2O4. The summed E-state index contributed by atoms with van der Waals surface area (Å²) in [5.41, 5.74) is 0.391. The minimum atomic E-state index is -0.676. The Morgan fingerprint density at radius 2 is 2.12 bits per heavy atom. The molecule has 1 rings (SSSR count). The third-order valence-electron chi connectivity index (χ3n) is 2.19. The summed E-state index contributed by atoms with van der Waals surface area (Å²) in [5, 5.41) is 10.9. The van der Waals surface area contributed by atoms with Gasteiger partial charge in [0.15, 0.2) is 0 Å². The molecule has 0 saturated carbocycles. The Hall–Kier alpha value is -2.11. The van der Waals surface area contributed by atoms with E-state index < -0.39 is 10.9 Å². The molecule has 0 aliphatic carbocycles. The number of nitrogens with zero attached hydrogens (tertiary/aromatic N) is 2. The number of hydrogen-bond acceptors (Lipinski definition) is 5. The third-order valence-corrected chi connectivity index (χ3v) is 2.19. The molecular weight excluding hydrogens is 224 g/mol. The smallest absolute Gasteiger partial charge is 0.345 e. The number of nitro groups is 1. The molecule has 17 heavy (non-hydrogen) atoms. The fraction of sp³-hybridized carbons (Fsp3) is 0.364. The monoisotopic (exact) mass is 238 g/mol. The van der Waals surface area contributed by atoms with Crippen LogP contribution in [0.15, 0.2) is 18.2 Å². The fourth-order valence-electron chi connectivity index (χ4n) is 1.33. The van der Waals surface area contributed by atoms with Crippen LogP contribution in [0.5, 0.6) is 0 Å². The average Bonchev–Trinajstić information content (AvgIpc) is 2.28. The summed E-state index contributed by atoms with van der Waals surface area (Å²) in [5.74, 6) is -0.676. The molecule has 0 N–H and O–H groups in total. The van der Waals surface area contributed by atoms with Gasteiger partial charge in [0.1, 0.15) is 5.56 Å². The van der Waals surface area contributed by atoms with Crippen LogP contribution in [0.2, 0.25) is 0 Å². The van der Waals surface area contributed by atoms with Crippen LogP contribution >= 0.6 is 0 Å². The molecule has 1 aromatic rings. The maximum Gasteiger partial charge on any atom is 0.345 e. The molecule has 1 aromatic carbocycles. The van der Waals surface area contributed by atoms with Crippen molar-refractivity contribution in [1.82, 2.24) is 0 Å². The van der Waals surface area contributed by atoms with E-state index >= 15 is 0 Å². The van der Waals surface area contributed by atoms with Crippen LogP contribution in [0.3, 0.4) is 0 Å². The van der Waals surface area contributed by atoms with E-state index in [9.17, 15) is 14.9 Å². The van der Waals surface area contributed by atoms with E-state index in [0.717, 1.165) is 0 Å². The van der Waals surface area contributed by atoms with E-state index in [4.69, 9.17) is 4.74 Å². The standard InChI is InChI=1S/C11H14N2O4/c1-4-17-11(14)9-6-5-8(12(2)3)7-10(9)13(15)16/h5-7H,4H2,1-3H3. The second kappa shape index (κ2) is 5.29. The largest absolute Gasteiger partial charge is 0.462 e. The molecule has 6 heteroatoms. The predicted octanol–water partition coefficient (Wildman–Crippen LogP) is 1.84. The number of ether oxygens (including phenoxy) is 1. The van der Waals surface area contributed by atoms with Crippen molar-refractivity contribution in [2.75, 3.05) is 25.6 Å². The van der Waals surface area contributed by atoms with Crippen LogP contribution in [0.4, 0.5) is 11.4 Å². The minimum Gasteiger partial charge on any atom is -0.462 e. The number of esters is 1. The molecule has 0 heterocycles. The van der Waals surface area contributed by atoms with Crippen molar-refractivity contribution in [1.29, 1.82) is 0 Å². The average molecular weight is 238 g/mol. The molecule has 0 fully saturated rings. The lowest BCUT2D eigenvalue weighted by Gasteiger charge is -2.12. The van der Waals surface area contributed by atoms with E-state index in [2.05, 4.69) is 0 Å². The van der Waals surface area contributed by atoms with Crippen molar-refractivity contribution in [3.63, 3.8) is 0 Å². The molecule has 6 nitrogen and oxygen atoms in total. The Balaban J connectivity index is 3.22. The molecule has 0 aliphatic rings. The zero-order chi connectivity index (χ0) is 13.0. The van der Waals surface area contributed by atoms with E-state index in [-0.39, 0.29) is 17.9 Å². The molecule has 0 amide bonds. The van der Waals surface area contributed by atoms with Crippen LogP contribution in [0, 0.1) is 10.1 Å². The predicted molar refractivity (Wildman–Crippen MR) is 63.4 cm³/mol. The number of benzene rings is 1. The summed E-state index contributed by atoms with van der Waals surface area (Å²) in [7, 11) is 3.53. The molecule has 92 valence electrons. The zero-order valence-corrected chi connectivity index (χ0v) is 9.97.